The summed E-state index contributed by atoms with van der Waals surface area (Å²) in [5, 5.41) is 8.35. The Morgan fingerprint density at radius 2 is 1.80 bits per heavy atom. The third kappa shape index (κ3) is 8.07. The molecule has 4 heteroatoms. The van der Waals surface area contributed by atoms with Crippen molar-refractivity contribution >= 4 is 11.1 Å². The Labute approximate surface area is 63.7 Å². The Kier molecular flexibility index (Phi) is 7.23. The van der Waals surface area contributed by atoms with Gasteiger partial charge in [0.15, 0.2) is 0 Å². The third-order valence-electron chi connectivity index (χ3n) is 1.22. The lowest BCUT2D eigenvalue weighted by Crippen LogP contribution is -1.95. The van der Waals surface area contributed by atoms with Gasteiger partial charge in [-0.2, -0.15) is 0 Å². The molecule has 62 valence electrons. The summed E-state index contributed by atoms with van der Waals surface area (Å²) in [5.74, 6) is 0.255. The molecule has 0 aliphatic heterocycles. The fraction of sp³-hybridized carbons (Fsp3) is 1.00. The Morgan fingerprint density at radius 3 is 2.30 bits per heavy atom. The van der Waals surface area contributed by atoms with Crippen LogP contribution in [-0.4, -0.2) is 26.2 Å². The molecule has 0 aromatic rings. The lowest BCUT2D eigenvalue weighted by molar-refractivity contribution is 0.283. The van der Waals surface area contributed by atoms with E-state index in [0.717, 1.165) is 25.7 Å². The van der Waals surface area contributed by atoms with E-state index in [-0.39, 0.29) is 12.4 Å². The molecule has 0 aliphatic rings. The van der Waals surface area contributed by atoms with Gasteiger partial charge in [-0.3, -0.25) is 4.21 Å². The van der Waals surface area contributed by atoms with E-state index in [1.54, 1.807) is 0 Å². The average Bonchev–Trinajstić information content (AvgIpc) is 1.87. The van der Waals surface area contributed by atoms with E-state index in [1.165, 1.54) is 0 Å². The number of aliphatic hydroxyl groups is 1. The number of unbranched alkanes of at least 4 members (excludes halogenated alkanes) is 3. The Balaban J connectivity index is 2.84. The molecule has 0 amide bonds. The van der Waals surface area contributed by atoms with Crippen molar-refractivity contribution in [3.8, 4) is 0 Å². The van der Waals surface area contributed by atoms with Crippen molar-refractivity contribution in [2.45, 2.75) is 25.7 Å². The van der Waals surface area contributed by atoms with Crippen molar-refractivity contribution in [2.24, 2.45) is 0 Å². The van der Waals surface area contributed by atoms with Crippen LogP contribution in [0.3, 0.4) is 0 Å². The molecule has 3 nitrogen and oxygen atoms in total. The summed E-state index contributed by atoms with van der Waals surface area (Å²) in [6.07, 6.45) is 3.32. The number of hydrogen-bond acceptors (Lipinski definition) is 3. The fourth-order valence-electron chi connectivity index (χ4n) is 0.685. The Morgan fingerprint density at radius 1 is 1.20 bits per heavy atom. The van der Waals surface area contributed by atoms with Gasteiger partial charge in [0.05, 0.1) is 0 Å². The summed E-state index contributed by atoms with van der Waals surface area (Å²) in [5.41, 5.74) is 0. The first kappa shape index (κ1) is 10.1. The van der Waals surface area contributed by atoms with Gasteiger partial charge >= 0.3 is 0 Å². The molecule has 1 unspecified atom stereocenters. The van der Waals surface area contributed by atoms with Crippen LogP contribution in [0, 0.1) is 0 Å². The highest BCUT2D eigenvalue weighted by molar-refractivity contribution is 7.79. The van der Waals surface area contributed by atoms with Gasteiger partial charge in [0.2, 0.25) is 0 Å². The van der Waals surface area contributed by atoms with Crippen LogP contribution < -0.4 is 0 Å². The molecule has 0 rings (SSSR count). The first-order valence-corrected chi connectivity index (χ1v) is 4.68. The zero-order chi connectivity index (χ0) is 7.82. The monoisotopic (exact) mass is 165 g/mol. The molecular formula is C6H13O3S-. The lowest BCUT2D eigenvalue weighted by atomic mass is 10.2. The van der Waals surface area contributed by atoms with E-state index in [1.807, 2.05) is 0 Å². The second kappa shape index (κ2) is 7.18. The van der Waals surface area contributed by atoms with Crippen molar-refractivity contribution in [2.75, 3.05) is 12.4 Å². The number of rotatable bonds is 6. The minimum absolute atomic E-state index is 0.209. The van der Waals surface area contributed by atoms with E-state index in [0.29, 0.717) is 0 Å². The number of hydrogen-bond donors (Lipinski definition) is 1. The molecule has 10 heavy (non-hydrogen) atoms. The van der Waals surface area contributed by atoms with Crippen LogP contribution in [0.1, 0.15) is 25.7 Å². The molecule has 0 aliphatic carbocycles. The Bertz CT molecular complexity index is 95.0. The predicted molar refractivity (Wildman–Crippen MR) is 39.3 cm³/mol. The van der Waals surface area contributed by atoms with Crippen LogP contribution in [-0.2, 0) is 11.1 Å². The van der Waals surface area contributed by atoms with Crippen LogP contribution in [0.4, 0.5) is 0 Å². The second-order valence-electron chi connectivity index (χ2n) is 2.15. The van der Waals surface area contributed by atoms with Crippen LogP contribution in [0.5, 0.6) is 0 Å². The molecule has 0 spiro atoms. The van der Waals surface area contributed by atoms with Crippen LogP contribution in [0.25, 0.3) is 0 Å². The molecule has 0 saturated carbocycles. The predicted octanol–water partition coefficient (Wildman–Crippen LogP) is 0.418. The second-order valence-corrected chi connectivity index (χ2v) is 3.16. The molecule has 0 aromatic heterocycles. The van der Waals surface area contributed by atoms with Crippen molar-refractivity contribution in [1.29, 1.82) is 0 Å². The van der Waals surface area contributed by atoms with Gasteiger partial charge in [-0.15, -0.1) is 0 Å². The molecule has 0 fully saturated rings. The first-order valence-electron chi connectivity index (χ1n) is 3.44. The normalized spacial score (nSPS) is 13.4. The standard InChI is InChI=1S/C6H14O3S/c7-5-3-1-2-4-6-10(8)9/h7H,1-6H2,(H,8,9)/p-1. The quantitative estimate of drug-likeness (QED) is 0.458. The highest BCUT2D eigenvalue weighted by Gasteiger charge is 1.88. The van der Waals surface area contributed by atoms with Crippen molar-refractivity contribution in [3.63, 3.8) is 0 Å². The van der Waals surface area contributed by atoms with Gasteiger partial charge in [0.1, 0.15) is 0 Å². The van der Waals surface area contributed by atoms with Crippen LogP contribution in [0.2, 0.25) is 0 Å². The van der Waals surface area contributed by atoms with E-state index in [9.17, 15) is 8.76 Å². The minimum Gasteiger partial charge on any atom is -0.772 e. The van der Waals surface area contributed by atoms with Gasteiger partial charge in [-0.25, -0.2) is 0 Å². The van der Waals surface area contributed by atoms with Crippen LogP contribution in [0.15, 0.2) is 0 Å². The molecule has 0 aromatic carbocycles. The summed E-state index contributed by atoms with van der Waals surface area (Å²) in [7, 11) is 0. The van der Waals surface area contributed by atoms with Gasteiger partial charge < -0.3 is 9.66 Å². The van der Waals surface area contributed by atoms with E-state index in [2.05, 4.69) is 0 Å². The van der Waals surface area contributed by atoms with Crippen LogP contribution >= 0.6 is 0 Å². The zero-order valence-electron chi connectivity index (χ0n) is 5.91. The molecule has 0 bridgehead atoms. The molecular weight excluding hydrogens is 152 g/mol. The Hall–Kier alpha value is 0.0700. The number of aliphatic hydroxyl groups excluding tert-OH is 1. The van der Waals surface area contributed by atoms with Gasteiger partial charge in [0.25, 0.3) is 0 Å². The van der Waals surface area contributed by atoms with Crippen molar-refractivity contribution in [1.82, 2.24) is 0 Å². The largest absolute Gasteiger partial charge is 0.772 e. The summed E-state index contributed by atoms with van der Waals surface area (Å²) in [4.78, 5) is 0. The molecule has 0 radical (unpaired) electrons. The molecule has 0 saturated heterocycles. The highest BCUT2D eigenvalue weighted by Crippen LogP contribution is 1.98. The summed E-state index contributed by atoms with van der Waals surface area (Å²) >= 11 is -1.88. The summed E-state index contributed by atoms with van der Waals surface area (Å²) < 4.78 is 20.0. The highest BCUT2D eigenvalue weighted by atomic mass is 32.2. The summed E-state index contributed by atoms with van der Waals surface area (Å²) in [6.45, 7) is 0.209. The first-order chi connectivity index (χ1) is 4.77. The van der Waals surface area contributed by atoms with Gasteiger partial charge in [-0.05, 0) is 12.8 Å². The zero-order valence-corrected chi connectivity index (χ0v) is 6.73. The minimum atomic E-state index is -1.88. The van der Waals surface area contributed by atoms with Gasteiger partial charge in [-0.1, -0.05) is 23.9 Å². The molecule has 0 heterocycles. The van der Waals surface area contributed by atoms with Crippen molar-refractivity contribution in [3.05, 3.63) is 0 Å². The van der Waals surface area contributed by atoms with E-state index in [4.69, 9.17) is 5.11 Å². The average molecular weight is 165 g/mol. The fourth-order valence-corrected chi connectivity index (χ4v) is 1.13. The maximum absolute atomic E-state index is 9.98. The van der Waals surface area contributed by atoms with E-state index < -0.39 is 11.1 Å². The smallest absolute Gasteiger partial charge is 0.0431 e. The third-order valence-corrected chi connectivity index (χ3v) is 1.84. The maximum atomic E-state index is 9.98. The topological polar surface area (TPSA) is 60.4 Å². The van der Waals surface area contributed by atoms with Gasteiger partial charge in [0, 0.05) is 12.4 Å². The SMILES string of the molecule is O=S([O-])CCCCCCO. The maximum Gasteiger partial charge on any atom is 0.0431 e. The van der Waals surface area contributed by atoms with E-state index >= 15 is 0 Å². The van der Waals surface area contributed by atoms with Crippen molar-refractivity contribution < 1.29 is 13.9 Å². The molecule has 1 atom stereocenters. The summed E-state index contributed by atoms with van der Waals surface area (Å²) in [6, 6.07) is 0. The lowest BCUT2D eigenvalue weighted by Gasteiger charge is -2.02. The molecule has 1 N–H and O–H groups in total.